The third kappa shape index (κ3) is 2.18. The molecule has 28 heavy (non-hydrogen) atoms. The summed E-state index contributed by atoms with van der Waals surface area (Å²) in [5.74, 6) is 0.598. The first-order valence-electron chi connectivity index (χ1n) is 8.78. The van der Waals surface area contributed by atoms with E-state index in [1.54, 1.807) is 22.8 Å². The first kappa shape index (κ1) is 16.8. The quantitative estimate of drug-likeness (QED) is 0.465. The normalized spacial score (nSPS) is 11.7. The summed E-state index contributed by atoms with van der Waals surface area (Å²) < 4.78 is 6.33. The van der Waals surface area contributed by atoms with Gasteiger partial charge in [0.2, 0.25) is 5.78 Å². The van der Waals surface area contributed by atoms with Gasteiger partial charge >= 0.3 is 5.69 Å². The number of hydrogen-bond acceptors (Lipinski definition) is 4. The minimum Gasteiger partial charge on any atom is -0.279 e. The summed E-state index contributed by atoms with van der Waals surface area (Å²) in [4.78, 5) is 30.9. The summed E-state index contributed by atoms with van der Waals surface area (Å²) in [6, 6.07) is 12.2. The molecule has 0 aliphatic heterocycles. The van der Waals surface area contributed by atoms with Crippen LogP contribution < -0.4 is 11.2 Å². The first-order chi connectivity index (χ1) is 13.5. The van der Waals surface area contributed by atoms with Gasteiger partial charge in [-0.25, -0.2) is 4.79 Å². The van der Waals surface area contributed by atoms with E-state index in [1.165, 1.54) is 11.6 Å². The number of nitrogens with zero attached hydrogens (tertiary/aromatic N) is 5. The summed E-state index contributed by atoms with van der Waals surface area (Å²) in [7, 11) is 3.12. The van der Waals surface area contributed by atoms with Crippen molar-refractivity contribution in [2.75, 3.05) is 0 Å². The Morgan fingerprint density at radius 2 is 1.75 bits per heavy atom. The second-order valence-electron chi connectivity index (χ2n) is 6.82. The van der Waals surface area contributed by atoms with Crippen LogP contribution in [0.3, 0.4) is 0 Å². The molecule has 0 aliphatic carbocycles. The number of thiophene rings is 1. The highest BCUT2D eigenvalue weighted by Gasteiger charge is 2.21. The van der Waals surface area contributed by atoms with E-state index < -0.39 is 5.69 Å². The van der Waals surface area contributed by atoms with Crippen LogP contribution in [0.5, 0.6) is 0 Å². The van der Waals surface area contributed by atoms with Crippen molar-refractivity contribution in [2.45, 2.75) is 6.92 Å². The van der Waals surface area contributed by atoms with Gasteiger partial charge in [0.15, 0.2) is 11.2 Å². The van der Waals surface area contributed by atoms with Gasteiger partial charge in [0.05, 0.1) is 10.6 Å². The number of fused-ring (bicyclic) bond motifs is 3. The minimum absolute atomic E-state index is 0.357. The maximum Gasteiger partial charge on any atom is 0.332 e. The van der Waals surface area contributed by atoms with Crippen molar-refractivity contribution >= 4 is 28.3 Å². The van der Waals surface area contributed by atoms with Crippen molar-refractivity contribution in [1.29, 1.82) is 0 Å². The second-order valence-corrected chi connectivity index (χ2v) is 7.77. The van der Waals surface area contributed by atoms with Crippen LogP contribution >= 0.6 is 11.3 Å². The first-order valence-corrected chi connectivity index (χ1v) is 9.66. The van der Waals surface area contributed by atoms with Crippen LogP contribution in [0.2, 0.25) is 0 Å². The minimum atomic E-state index is -0.390. The molecule has 0 atom stereocenters. The Balaban J connectivity index is 1.98. The van der Waals surface area contributed by atoms with Crippen LogP contribution in [-0.2, 0) is 14.1 Å². The molecule has 0 radical (unpaired) electrons. The van der Waals surface area contributed by atoms with Gasteiger partial charge in [-0.05, 0) is 30.5 Å². The summed E-state index contributed by atoms with van der Waals surface area (Å²) in [6.45, 7) is 2.04. The fourth-order valence-corrected chi connectivity index (χ4v) is 4.24. The highest BCUT2D eigenvalue weighted by Crippen LogP contribution is 2.31. The van der Waals surface area contributed by atoms with E-state index in [9.17, 15) is 9.59 Å². The number of hydrogen-bond donors (Lipinski definition) is 0. The van der Waals surface area contributed by atoms with E-state index in [4.69, 9.17) is 0 Å². The van der Waals surface area contributed by atoms with Gasteiger partial charge < -0.3 is 0 Å². The summed E-state index contributed by atoms with van der Waals surface area (Å²) in [5.41, 5.74) is 3.07. The molecule has 0 amide bonds. The highest BCUT2D eigenvalue weighted by atomic mass is 32.1. The maximum atomic E-state index is 12.8. The zero-order valence-electron chi connectivity index (χ0n) is 15.6. The highest BCUT2D eigenvalue weighted by molar-refractivity contribution is 7.13. The molecule has 4 heterocycles. The molecule has 7 nitrogen and oxygen atoms in total. The van der Waals surface area contributed by atoms with Crippen LogP contribution in [0.25, 0.3) is 33.2 Å². The summed E-state index contributed by atoms with van der Waals surface area (Å²) >= 11 is 1.62. The van der Waals surface area contributed by atoms with Crippen molar-refractivity contribution < 1.29 is 0 Å². The molecule has 5 rings (SSSR count). The largest absolute Gasteiger partial charge is 0.332 e. The summed E-state index contributed by atoms with van der Waals surface area (Å²) in [5, 5.41) is 2.02. The molecule has 140 valence electrons. The van der Waals surface area contributed by atoms with E-state index in [1.807, 2.05) is 59.5 Å². The standard InChI is InChI=1S/C20H17N5O2S/c1-12-6-8-13(9-7-12)25-14(15-5-4-10-28-15)11-24-16-17(21-19(24)25)22(2)20(27)23(3)18(16)26/h4-11H,1-3H3. The van der Waals surface area contributed by atoms with Gasteiger partial charge in [0.1, 0.15) is 0 Å². The summed E-state index contributed by atoms with van der Waals surface area (Å²) in [6.07, 6.45) is 1.92. The monoisotopic (exact) mass is 391 g/mol. The van der Waals surface area contributed by atoms with Crippen LogP contribution in [0, 0.1) is 6.92 Å². The molecular weight excluding hydrogens is 374 g/mol. The third-order valence-corrected chi connectivity index (χ3v) is 5.92. The van der Waals surface area contributed by atoms with Gasteiger partial charge in [-0.1, -0.05) is 23.8 Å². The van der Waals surface area contributed by atoms with Crippen LogP contribution in [0.1, 0.15) is 5.56 Å². The van der Waals surface area contributed by atoms with E-state index in [0.29, 0.717) is 16.9 Å². The molecule has 0 unspecified atom stereocenters. The lowest BCUT2D eigenvalue weighted by Gasteiger charge is -2.08. The van der Waals surface area contributed by atoms with E-state index >= 15 is 0 Å². The number of rotatable bonds is 2. The van der Waals surface area contributed by atoms with Gasteiger partial charge in [0, 0.05) is 26.0 Å². The average Bonchev–Trinajstić information content (AvgIpc) is 3.40. The van der Waals surface area contributed by atoms with E-state index in [2.05, 4.69) is 4.98 Å². The Hall–Kier alpha value is -3.39. The molecule has 8 heteroatoms. The molecule has 0 saturated carbocycles. The van der Waals surface area contributed by atoms with E-state index in [0.717, 1.165) is 26.4 Å². The van der Waals surface area contributed by atoms with Gasteiger partial charge in [-0.3, -0.25) is 22.9 Å². The maximum absolute atomic E-state index is 12.8. The molecular formula is C20H17N5O2S. The second kappa shape index (κ2) is 5.80. The molecule has 0 aliphatic rings. The Morgan fingerprint density at radius 1 is 1.00 bits per heavy atom. The molecule has 0 bridgehead atoms. The van der Waals surface area contributed by atoms with Crippen molar-refractivity contribution in [3.05, 3.63) is 74.4 Å². The lowest BCUT2D eigenvalue weighted by molar-refractivity contribution is 0.708. The molecule has 4 aromatic heterocycles. The lowest BCUT2D eigenvalue weighted by atomic mass is 10.2. The molecule has 0 fully saturated rings. The van der Waals surface area contributed by atoms with Crippen molar-refractivity contribution in [3.8, 4) is 16.3 Å². The molecule has 1 aromatic carbocycles. The van der Waals surface area contributed by atoms with Crippen LogP contribution in [0.15, 0.2) is 57.6 Å². The van der Waals surface area contributed by atoms with Crippen molar-refractivity contribution in [2.24, 2.45) is 14.1 Å². The van der Waals surface area contributed by atoms with E-state index in [-0.39, 0.29) is 5.56 Å². The van der Waals surface area contributed by atoms with Crippen LogP contribution in [0.4, 0.5) is 0 Å². The van der Waals surface area contributed by atoms with Gasteiger partial charge in [-0.15, -0.1) is 11.3 Å². The zero-order chi connectivity index (χ0) is 19.6. The molecule has 0 saturated heterocycles. The van der Waals surface area contributed by atoms with Gasteiger partial charge in [0.25, 0.3) is 5.56 Å². The predicted octanol–water partition coefficient (Wildman–Crippen LogP) is 2.71. The van der Waals surface area contributed by atoms with Crippen molar-refractivity contribution in [3.63, 3.8) is 0 Å². The number of benzene rings is 1. The van der Waals surface area contributed by atoms with Crippen LogP contribution in [-0.4, -0.2) is 23.1 Å². The fourth-order valence-electron chi connectivity index (χ4n) is 3.52. The molecule has 5 aromatic rings. The Bertz CT molecular complexity index is 1460. The van der Waals surface area contributed by atoms with Crippen molar-refractivity contribution in [1.82, 2.24) is 23.1 Å². The number of imidazole rings is 2. The lowest BCUT2D eigenvalue weighted by Crippen LogP contribution is -2.37. The zero-order valence-corrected chi connectivity index (χ0v) is 16.4. The topological polar surface area (TPSA) is 66.2 Å². The third-order valence-electron chi connectivity index (χ3n) is 5.03. The number of aromatic nitrogens is 5. The Kier molecular flexibility index (Phi) is 3.47. The SMILES string of the molecule is Cc1ccc(-n2c(-c3cccs3)cn3c4c(=O)n(C)c(=O)n(C)c4nc23)cc1. The smallest absolute Gasteiger partial charge is 0.279 e. The Labute approximate surface area is 163 Å². The predicted molar refractivity (Wildman–Crippen MR) is 111 cm³/mol. The number of aryl methyl sites for hydroxylation is 2. The molecule has 0 spiro atoms. The molecule has 0 N–H and O–H groups in total. The average molecular weight is 391 g/mol. The van der Waals surface area contributed by atoms with Gasteiger partial charge in [-0.2, -0.15) is 4.98 Å². The fraction of sp³-hybridized carbons (Fsp3) is 0.150. The Morgan fingerprint density at radius 3 is 2.43 bits per heavy atom.